The van der Waals surface area contributed by atoms with Crippen molar-refractivity contribution in [2.24, 2.45) is 5.73 Å². The molecule has 0 bridgehead atoms. The number of aliphatic carboxylic acids is 1. The van der Waals surface area contributed by atoms with E-state index in [9.17, 15) is 4.79 Å². The number of hydrogen-bond acceptors (Lipinski definition) is 4. The Morgan fingerprint density at radius 1 is 1.08 bits per heavy atom. The number of carbonyl (C=O) groups is 1. The van der Waals surface area contributed by atoms with Crippen LogP contribution in [0.15, 0.2) is 66.9 Å². The van der Waals surface area contributed by atoms with Crippen LogP contribution in [0.2, 0.25) is 0 Å². The van der Waals surface area contributed by atoms with Crippen molar-refractivity contribution < 1.29 is 9.90 Å². The number of carboxylic acid groups (broad SMARTS) is 1. The largest absolute Gasteiger partial charge is 0.480 e. The van der Waals surface area contributed by atoms with Gasteiger partial charge < -0.3 is 16.6 Å². The highest BCUT2D eigenvalue weighted by Crippen LogP contribution is 2.12. The number of benzene rings is 2. The number of aryl methyl sites for hydroxylation is 1. The molecular formula is C19H21N3O2. The van der Waals surface area contributed by atoms with E-state index in [1.165, 1.54) is 0 Å². The zero-order chi connectivity index (χ0) is 17.4. The fourth-order valence-corrected chi connectivity index (χ4v) is 2.18. The number of nitrogens with two attached hydrogens (primary N) is 2. The Labute approximate surface area is 140 Å². The zero-order valence-electron chi connectivity index (χ0n) is 13.3. The highest BCUT2D eigenvalue weighted by Gasteiger charge is 2.10. The standard InChI is InChI=1S/C10H13NO2.C9H8N2/c11-9(10(12)13)7-6-8-4-2-1-3-5-8;10-8-5-7-3-1-2-4-9(7)11-6-8/h1-5,9H,6-7,11H2,(H,12,13);1-6H,10H2. The van der Waals surface area contributed by atoms with Crippen LogP contribution >= 0.6 is 0 Å². The summed E-state index contributed by atoms with van der Waals surface area (Å²) < 4.78 is 0. The summed E-state index contributed by atoms with van der Waals surface area (Å²) in [6.07, 6.45) is 2.87. The average Bonchev–Trinajstić information content (AvgIpc) is 2.61. The van der Waals surface area contributed by atoms with Crippen molar-refractivity contribution in [2.45, 2.75) is 18.9 Å². The second-order valence-electron chi connectivity index (χ2n) is 5.43. The number of nitrogens with zero attached hydrogens (tertiary/aromatic N) is 1. The summed E-state index contributed by atoms with van der Waals surface area (Å²) in [5.74, 6) is -0.934. The van der Waals surface area contributed by atoms with Crippen LogP contribution in [0.5, 0.6) is 0 Å². The van der Waals surface area contributed by atoms with Gasteiger partial charge in [0.25, 0.3) is 0 Å². The van der Waals surface area contributed by atoms with Crippen LogP contribution in [0.4, 0.5) is 5.69 Å². The van der Waals surface area contributed by atoms with E-state index in [0.29, 0.717) is 18.5 Å². The highest BCUT2D eigenvalue weighted by molar-refractivity contribution is 5.80. The van der Waals surface area contributed by atoms with Gasteiger partial charge in [-0.1, -0.05) is 48.5 Å². The Bertz CT molecular complexity index is 791. The number of rotatable bonds is 4. The number of carboxylic acids is 1. The first-order valence-electron chi connectivity index (χ1n) is 7.69. The van der Waals surface area contributed by atoms with Crippen LogP contribution in [0.3, 0.4) is 0 Å². The van der Waals surface area contributed by atoms with Gasteiger partial charge in [0.2, 0.25) is 0 Å². The summed E-state index contributed by atoms with van der Waals surface area (Å²) in [7, 11) is 0. The molecule has 1 heterocycles. The van der Waals surface area contributed by atoms with Gasteiger partial charge in [-0.05, 0) is 30.5 Å². The first kappa shape index (κ1) is 17.4. The molecule has 0 saturated heterocycles. The monoisotopic (exact) mass is 323 g/mol. The quantitative estimate of drug-likeness (QED) is 0.685. The molecule has 1 unspecified atom stereocenters. The molecule has 0 amide bonds. The van der Waals surface area contributed by atoms with E-state index in [1.807, 2.05) is 60.7 Å². The van der Waals surface area contributed by atoms with Crippen LogP contribution in [0.1, 0.15) is 12.0 Å². The maximum Gasteiger partial charge on any atom is 0.320 e. The molecule has 5 nitrogen and oxygen atoms in total. The molecule has 24 heavy (non-hydrogen) atoms. The lowest BCUT2D eigenvalue weighted by atomic mass is 10.1. The third-order valence-corrected chi connectivity index (χ3v) is 3.52. The minimum Gasteiger partial charge on any atom is -0.480 e. The summed E-state index contributed by atoms with van der Waals surface area (Å²) in [5.41, 5.74) is 13.7. The van der Waals surface area contributed by atoms with Crippen molar-refractivity contribution >= 4 is 22.6 Å². The SMILES string of the molecule is NC(CCc1ccccc1)C(=O)O.Nc1cnc2ccccc2c1. The smallest absolute Gasteiger partial charge is 0.320 e. The predicted octanol–water partition coefficient (Wildman–Crippen LogP) is 2.85. The lowest BCUT2D eigenvalue weighted by molar-refractivity contribution is -0.138. The molecule has 2 aromatic carbocycles. The van der Waals surface area contributed by atoms with Gasteiger partial charge in [-0.2, -0.15) is 0 Å². The molecular weight excluding hydrogens is 302 g/mol. The molecule has 1 aromatic heterocycles. The van der Waals surface area contributed by atoms with Gasteiger partial charge in [0.15, 0.2) is 0 Å². The first-order valence-corrected chi connectivity index (χ1v) is 7.69. The second kappa shape index (κ2) is 8.64. The third kappa shape index (κ3) is 5.37. The van der Waals surface area contributed by atoms with Crippen LogP contribution in [-0.2, 0) is 11.2 Å². The molecule has 0 aliphatic carbocycles. The molecule has 5 heteroatoms. The van der Waals surface area contributed by atoms with Gasteiger partial charge in [-0.15, -0.1) is 0 Å². The Morgan fingerprint density at radius 2 is 1.75 bits per heavy atom. The third-order valence-electron chi connectivity index (χ3n) is 3.52. The summed E-state index contributed by atoms with van der Waals surface area (Å²) in [6, 6.07) is 18.8. The molecule has 3 aromatic rings. The molecule has 0 saturated carbocycles. The Kier molecular flexibility index (Phi) is 6.28. The minimum absolute atomic E-state index is 0.485. The number of hydrogen-bond donors (Lipinski definition) is 3. The van der Waals surface area contributed by atoms with Crippen molar-refractivity contribution in [1.82, 2.24) is 4.98 Å². The summed E-state index contributed by atoms with van der Waals surface area (Å²) >= 11 is 0. The lowest BCUT2D eigenvalue weighted by Crippen LogP contribution is -2.30. The van der Waals surface area contributed by atoms with Crippen LogP contribution in [-0.4, -0.2) is 22.1 Å². The number of fused-ring (bicyclic) bond motifs is 1. The highest BCUT2D eigenvalue weighted by atomic mass is 16.4. The molecule has 0 radical (unpaired) electrons. The molecule has 1 atom stereocenters. The Hall–Kier alpha value is -2.92. The van der Waals surface area contributed by atoms with E-state index in [0.717, 1.165) is 16.5 Å². The molecule has 124 valence electrons. The average molecular weight is 323 g/mol. The second-order valence-corrected chi connectivity index (χ2v) is 5.43. The molecule has 5 N–H and O–H groups in total. The number of para-hydroxylation sites is 1. The van der Waals surface area contributed by atoms with Crippen LogP contribution < -0.4 is 11.5 Å². The Morgan fingerprint density at radius 3 is 2.46 bits per heavy atom. The van der Waals surface area contributed by atoms with E-state index < -0.39 is 12.0 Å². The topological polar surface area (TPSA) is 102 Å². The summed E-state index contributed by atoms with van der Waals surface area (Å²) in [6.45, 7) is 0. The van der Waals surface area contributed by atoms with E-state index in [-0.39, 0.29) is 0 Å². The van der Waals surface area contributed by atoms with Crippen molar-refractivity contribution in [3.8, 4) is 0 Å². The van der Waals surface area contributed by atoms with E-state index >= 15 is 0 Å². The van der Waals surface area contributed by atoms with Crippen LogP contribution in [0, 0.1) is 0 Å². The maximum absolute atomic E-state index is 10.4. The molecule has 0 spiro atoms. The van der Waals surface area contributed by atoms with Gasteiger partial charge in [0.1, 0.15) is 6.04 Å². The van der Waals surface area contributed by atoms with E-state index in [2.05, 4.69) is 4.98 Å². The Balaban J connectivity index is 0.000000175. The van der Waals surface area contributed by atoms with Gasteiger partial charge >= 0.3 is 5.97 Å². The number of anilines is 1. The minimum atomic E-state index is -0.934. The lowest BCUT2D eigenvalue weighted by Gasteiger charge is -2.05. The molecule has 0 aliphatic rings. The van der Waals surface area contributed by atoms with E-state index in [4.69, 9.17) is 16.6 Å². The summed E-state index contributed by atoms with van der Waals surface area (Å²) in [4.78, 5) is 14.6. The zero-order valence-corrected chi connectivity index (χ0v) is 13.3. The number of aromatic nitrogens is 1. The molecule has 0 aliphatic heterocycles. The van der Waals surface area contributed by atoms with Gasteiger partial charge in [-0.3, -0.25) is 9.78 Å². The first-order chi connectivity index (χ1) is 11.6. The number of nitrogen functional groups attached to an aromatic ring is 1. The van der Waals surface area contributed by atoms with Crippen molar-refractivity contribution in [2.75, 3.05) is 5.73 Å². The van der Waals surface area contributed by atoms with Gasteiger partial charge in [0, 0.05) is 5.39 Å². The number of pyridine rings is 1. The van der Waals surface area contributed by atoms with Crippen molar-refractivity contribution in [1.29, 1.82) is 0 Å². The van der Waals surface area contributed by atoms with Gasteiger partial charge in [0.05, 0.1) is 17.4 Å². The normalized spacial score (nSPS) is 11.4. The van der Waals surface area contributed by atoms with Crippen molar-refractivity contribution in [3.63, 3.8) is 0 Å². The van der Waals surface area contributed by atoms with Gasteiger partial charge in [-0.25, -0.2) is 0 Å². The molecule has 3 rings (SSSR count). The van der Waals surface area contributed by atoms with E-state index in [1.54, 1.807) is 6.20 Å². The molecule has 0 fully saturated rings. The van der Waals surface area contributed by atoms with Crippen LogP contribution in [0.25, 0.3) is 10.9 Å². The fraction of sp³-hybridized carbons (Fsp3) is 0.158. The fourth-order valence-electron chi connectivity index (χ4n) is 2.18. The van der Waals surface area contributed by atoms with Crippen molar-refractivity contribution in [3.05, 3.63) is 72.4 Å². The maximum atomic E-state index is 10.4. The predicted molar refractivity (Wildman–Crippen MR) is 96.5 cm³/mol. The summed E-state index contributed by atoms with van der Waals surface area (Å²) in [5, 5.41) is 9.63.